The average Bonchev–Trinajstić information content (AvgIpc) is 3.04. The zero-order valence-corrected chi connectivity index (χ0v) is 16.8. The van der Waals surface area contributed by atoms with E-state index in [0.29, 0.717) is 5.25 Å². The minimum Gasteiger partial charge on any atom is -0.355 e. The number of hydrogen-bond acceptors (Lipinski definition) is 7. The normalized spacial score (nSPS) is 23.0. The Balaban J connectivity index is 1.47. The van der Waals surface area contributed by atoms with Crippen LogP contribution in [-0.2, 0) is 4.79 Å². The van der Waals surface area contributed by atoms with E-state index in [2.05, 4.69) is 27.0 Å². The fraction of sp³-hybridized carbons (Fsp3) is 0.667. The molecule has 0 bridgehead atoms. The number of carbonyl (C=O) groups excluding carboxylic acids is 1. The van der Waals surface area contributed by atoms with Gasteiger partial charge in [0.15, 0.2) is 5.65 Å². The number of H-pyrrole nitrogens is 1. The lowest BCUT2D eigenvalue weighted by Gasteiger charge is -2.37. The highest BCUT2D eigenvalue weighted by Gasteiger charge is 2.28. The van der Waals surface area contributed by atoms with E-state index >= 15 is 0 Å². The lowest BCUT2D eigenvalue weighted by atomic mass is 9.91. The molecule has 2 aromatic rings. The van der Waals surface area contributed by atoms with E-state index < -0.39 is 0 Å². The number of hydrogen-bond donors (Lipinski definition) is 2. The third-order valence-corrected chi connectivity index (χ3v) is 6.78. The predicted molar refractivity (Wildman–Crippen MR) is 107 cm³/mol. The summed E-state index contributed by atoms with van der Waals surface area (Å²) in [5, 5.41) is 8.69. The Kier molecular flexibility index (Phi) is 4.98. The minimum atomic E-state index is -0.0838. The van der Waals surface area contributed by atoms with Gasteiger partial charge in [0.2, 0.25) is 5.91 Å². The van der Waals surface area contributed by atoms with Crippen LogP contribution in [0.4, 0.5) is 5.82 Å². The second kappa shape index (κ2) is 7.27. The van der Waals surface area contributed by atoms with E-state index in [1.165, 1.54) is 0 Å². The van der Waals surface area contributed by atoms with Gasteiger partial charge in [-0.15, -0.1) is 0 Å². The van der Waals surface area contributed by atoms with Crippen molar-refractivity contribution < 1.29 is 4.79 Å². The van der Waals surface area contributed by atoms with Gasteiger partial charge in [-0.05, 0) is 32.6 Å². The molecule has 4 heterocycles. The number of nitrogens with two attached hydrogens (primary N) is 1. The van der Waals surface area contributed by atoms with Crippen LogP contribution in [-0.4, -0.2) is 67.9 Å². The fourth-order valence-electron chi connectivity index (χ4n) is 3.73. The Hall–Kier alpha value is -1.87. The molecule has 9 heteroatoms. The molecule has 0 aromatic carbocycles. The van der Waals surface area contributed by atoms with Crippen LogP contribution in [0.3, 0.4) is 0 Å². The Morgan fingerprint density at radius 2 is 2.15 bits per heavy atom. The topological polar surface area (TPSA) is 104 Å². The lowest BCUT2D eigenvalue weighted by molar-refractivity contribution is -0.129. The first-order chi connectivity index (χ1) is 12.9. The van der Waals surface area contributed by atoms with Crippen LogP contribution >= 0.6 is 11.8 Å². The number of amides is 1. The molecular formula is C18H27N7OS. The summed E-state index contributed by atoms with van der Waals surface area (Å²) in [5.41, 5.74) is 7.67. The lowest BCUT2D eigenvalue weighted by Crippen LogP contribution is -2.48. The predicted octanol–water partition coefficient (Wildman–Crippen LogP) is 1.77. The Morgan fingerprint density at radius 3 is 2.89 bits per heavy atom. The third kappa shape index (κ3) is 4.03. The molecule has 146 valence electrons. The van der Waals surface area contributed by atoms with Crippen molar-refractivity contribution >= 4 is 34.7 Å². The maximum absolute atomic E-state index is 11.6. The van der Waals surface area contributed by atoms with E-state index in [9.17, 15) is 4.79 Å². The van der Waals surface area contributed by atoms with Crippen molar-refractivity contribution in [2.45, 2.75) is 55.3 Å². The second-order valence-corrected chi connectivity index (χ2v) is 9.23. The van der Waals surface area contributed by atoms with Gasteiger partial charge in [0, 0.05) is 43.9 Å². The smallest absolute Gasteiger partial charge is 0.219 e. The van der Waals surface area contributed by atoms with Gasteiger partial charge in [0.05, 0.1) is 6.20 Å². The highest BCUT2D eigenvalue weighted by molar-refractivity contribution is 8.00. The number of carbonyl (C=O) groups is 1. The van der Waals surface area contributed by atoms with E-state index in [-0.39, 0.29) is 11.4 Å². The SMILES string of the molecule is CC(=O)N1CCCC(Sc2n[nH]c3nc(N4CCC(C)(N)CC4)cnc23)C1. The largest absolute Gasteiger partial charge is 0.355 e. The summed E-state index contributed by atoms with van der Waals surface area (Å²) < 4.78 is 0. The van der Waals surface area contributed by atoms with Gasteiger partial charge >= 0.3 is 0 Å². The number of aromatic nitrogens is 4. The van der Waals surface area contributed by atoms with Crippen LogP contribution in [0.1, 0.15) is 39.5 Å². The summed E-state index contributed by atoms with van der Waals surface area (Å²) in [5.74, 6) is 1.02. The van der Waals surface area contributed by atoms with Crippen LogP contribution < -0.4 is 10.6 Å². The standard InChI is InChI=1S/C18H27N7OS/c1-12(26)25-7-3-4-13(11-25)27-17-15-16(22-23-17)21-14(10-20-15)24-8-5-18(2,19)6-9-24/h10,13H,3-9,11,19H2,1-2H3,(H,21,22,23). The number of aromatic amines is 1. The number of nitrogens with zero attached hydrogens (tertiary/aromatic N) is 5. The van der Waals surface area contributed by atoms with Crippen molar-refractivity contribution in [2.24, 2.45) is 5.73 Å². The summed E-state index contributed by atoms with van der Waals surface area (Å²) >= 11 is 1.69. The number of fused-ring (bicyclic) bond motifs is 1. The van der Waals surface area contributed by atoms with E-state index in [1.807, 2.05) is 11.1 Å². The third-order valence-electron chi connectivity index (χ3n) is 5.56. The zero-order chi connectivity index (χ0) is 19.0. The average molecular weight is 390 g/mol. The monoisotopic (exact) mass is 389 g/mol. The van der Waals surface area contributed by atoms with E-state index in [4.69, 9.17) is 10.7 Å². The van der Waals surface area contributed by atoms with Gasteiger partial charge in [-0.3, -0.25) is 9.89 Å². The molecule has 0 aliphatic carbocycles. The molecule has 1 unspecified atom stereocenters. The van der Waals surface area contributed by atoms with E-state index in [0.717, 1.165) is 73.9 Å². The molecule has 2 saturated heterocycles. The molecule has 1 amide bonds. The molecule has 0 spiro atoms. The van der Waals surface area contributed by atoms with Crippen LogP contribution in [0.5, 0.6) is 0 Å². The van der Waals surface area contributed by atoms with Gasteiger partial charge in [0.1, 0.15) is 16.4 Å². The molecular weight excluding hydrogens is 362 g/mol. The molecule has 2 fully saturated rings. The molecule has 1 atom stereocenters. The van der Waals surface area contributed by atoms with Gasteiger partial charge in [-0.1, -0.05) is 11.8 Å². The highest BCUT2D eigenvalue weighted by atomic mass is 32.2. The molecule has 0 radical (unpaired) electrons. The summed E-state index contributed by atoms with van der Waals surface area (Å²) in [6.07, 6.45) is 5.85. The first-order valence-corrected chi connectivity index (χ1v) is 10.5. The number of anilines is 1. The number of rotatable bonds is 3. The molecule has 2 aliphatic heterocycles. The van der Waals surface area contributed by atoms with Gasteiger partial charge in [-0.25, -0.2) is 9.97 Å². The zero-order valence-electron chi connectivity index (χ0n) is 15.9. The molecule has 4 rings (SSSR count). The highest BCUT2D eigenvalue weighted by Crippen LogP contribution is 2.32. The summed E-state index contributed by atoms with van der Waals surface area (Å²) in [6.45, 7) is 7.16. The summed E-state index contributed by atoms with van der Waals surface area (Å²) in [7, 11) is 0. The van der Waals surface area contributed by atoms with Gasteiger partial charge in [-0.2, -0.15) is 5.10 Å². The van der Waals surface area contributed by atoms with Gasteiger partial charge in [0.25, 0.3) is 0 Å². The first kappa shape index (κ1) is 18.5. The fourth-order valence-corrected chi connectivity index (χ4v) is 4.94. The molecule has 2 aliphatic rings. The Bertz CT molecular complexity index is 826. The van der Waals surface area contributed by atoms with Crippen molar-refractivity contribution in [2.75, 3.05) is 31.1 Å². The van der Waals surface area contributed by atoms with Gasteiger partial charge < -0.3 is 15.5 Å². The summed E-state index contributed by atoms with van der Waals surface area (Å²) in [4.78, 5) is 25.2. The van der Waals surface area contributed by atoms with Crippen LogP contribution in [0.2, 0.25) is 0 Å². The van der Waals surface area contributed by atoms with E-state index in [1.54, 1.807) is 18.7 Å². The molecule has 3 N–H and O–H groups in total. The number of nitrogens with one attached hydrogen (secondary N) is 1. The maximum Gasteiger partial charge on any atom is 0.219 e. The molecule has 0 saturated carbocycles. The molecule has 27 heavy (non-hydrogen) atoms. The maximum atomic E-state index is 11.6. The molecule has 2 aromatic heterocycles. The first-order valence-electron chi connectivity index (χ1n) is 9.58. The summed E-state index contributed by atoms with van der Waals surface area (Å²) in [6, 6.07) is 0. The van der Waals surface area contributed by atoms with Crippen molar-refractivity contribution in [1.82, 2.24) is 25.1 Å². The molecule has 8 nitrogen and oxygen atoms in total. The van der Waals surface area contributed by atoms with Crippen molar-refractivity contribution in [1.29, 1.82) is 0 Å². The number of thioether (sulfide) groups is 1. The Morgan fingerprint density at radius 1 is 1.37 bits per heavy atom. The van der Waals surface area contributed by atoms with Crippen LogP contribution in [0.25, 0.3) is 11.2 Å². The minimum absolute atomic E-state index is 0.0838. The van der Waals surface area contributed by atoms with Crippen LogP contribution in [0.15, 0.2) is 11.2 Å². The number of likely N-dealkylation sites (tertiary alicyclic amines) is 1. The second-order valence-electron chi connectivity index (χ2n) is 7.94. The van der Waals surface area contributed by atoms with Crippen molar-refractivity contribution in [3.8, 4) is 0 Å². The Labute approximate surface area is 163 Å². The number of piperidine rings is 2. The quantitative estimate of drug-likeness (QED) is 0.824. The van der Waals surface area contributed by atoms with Crippen molar-refractivity contribution in [3.63, 3.8) is 0 Å². The van der Waals surface area contributed by atoms with Crippen LogP contribution in [0, 0.1) is 0 Å². The van der Waals surface area contributed by atoms with Crippen molar-refractivity contribution in [3.05, 3.63) is 6.20 Å².